The third kappa shape index (κ3) is 3.33. The zero-order valence-corrected chi connectivity index (χ0v) is 10.9. The summed E-state index contributed by atoms with van der Waals surface area (Å²) < 4.78 is 0. The molecule has 1 aromatic rings. The Hall–Kier alpha value is -1.35. The number of hydrogen-bond donors (Lipinski definition) is 2. The van der Waals surface area contributed by atoms with Crippen molar-refractivity contribution in [3.63, 3.8) is 0 Å². The molecular formula is C15H21NO2. The van der Waals surface area contributed by atoms with E-state index in [-0.39, 0.29) is 5.91 Å². The van der Waals surface area contributed by atoms with Crippen molar-refractivity contribution in [1.82, 2.24) is 5.32 Å². The second-order valence-electron chi connectivity index (χ2n) is 5.19. The highest BCUT2D eigenvalue weighted by Gasteiger charge is 2.23. The largest absolute Gasteiger partial charge is 0.391 e. The summed E-state index contributed by atoms with van der Waals surface area (Å²) in [4.78, 5) is 11.9. The molecule has 3 nitrogen and oxygen atoms in total. The monoisotopic (exact) mass is 247 g/mol. The molecule has 2 N–H and O–H groups in total. The molecule has 1 saturated carbocycles. The number of amides is 1. The zero-order valence-electron chi connectivity index (χ0n) is 10.9. The van der Waals surface area contributed by atoms with Crippen LogP contribution in [-0.4, -0.2) is 23.7 Å². The predicted molar refractivity (Wildman–Crippen MR) is 71.5 cm³/mol. The lowest BCUT2D eigenvalue weighted by molar-refractivity contribution is 0.0840. The van der Waals surface area contributed by atoms with Gasteiger partial charge in [-0.15, -0.1) is 0 Å². The van der Waals surface area contributed by atoms with Gasteiger partial charge in [0.25, 0.3) is 5.91 Å². The topological polar surface area (TPSA) is 49.3 Å². The molecule has 0 aliphatic heterocycles. The van der Waals surface area contributed by atoms with Gasteiger partial charge >= 0.3 is 0 Å². The minimum absolute atomic E-state index is 0.101. The summed E-state index contributed by atoms with van der Waals surface area (Å²) in [6.45, 7) is 2.32. The number of nitrogens with one attached hydrogen (secondary N) is 1. The van der Waals surface area contributed by atoms with Gasteiger partial charge in [-0.05, 0) is 37.8 Å². The van der Waals surface area contributed by atoms with Crippen LogP contribution < -0.4 is 5.32 Å². The molecule has 0 saturated heterocycles. The van der Waals surface area contributed by atoms with Gasteiger partial charge in [0.1, 0.15) is 0 Å². The molecule has 0 aromatic heterocycles. The maximum absolute atomic E-state index is 11.9. The van der Waals surface area contributed by atoms with Crippen LogP contribution in [0.15, 0.2) is 24.3 Å². The van der Waals surface area contributed by atoms with Crippen LogP contribution in [0.3, 0.4) is 0 Å². The summed E-state index contributed by atoms with van der Waals surface area (Å²) >= 11 is 0. The predicted octanol–water partition coefficient (Wildman–Crippen LogP) is 2.28. The Labute approximate surface area is 108 Å². The molecule has 3 heteroatoms. The molecule has 1 aromatic carbocycles. The van der Waals surface area contributed by atoms with Crippen LogP contribution in [0.5, 0.6) is 0 Å². The van der Waals surface area contributed by atoms with Gasteiger partial charge < -0.3 is 10.4 Å². The van der Waals surface area contributed by atoms with E-state index in [0.29, 0.717) is 18.0 Å². The van der Waals surface area contributed by atoms with Gasteiger partial charge in [-0.3, -0.25) is 4.79 Å². The fraction of sp³-hybridized carbons (Fsp3) is 0.533. The summed E-state index contributed by atoms with van der Waals surface area (Å²) in [6, 6.07) is 7.49. The van der Waals surface area contributed by atoms with Crippen molar-refractivity contribution in [2.75, 3.05) is 6.54 Å². The Morgan fingerprint density at radius 1 is 1.44 bits per heavy atom. The van der Waals surface area contributed by atoms with E-state index in [4.69, 9.17) is 0 Å². The molecule has 2 rings (SSSR count). The summed E-state index contributed by atoms with van der Waals surface area (Å²) in [6.07, 6.45) is 4.17. The van der Waals surface area contributed by atoms with E-state index in [2.05, 4.69) is 5.32 Å². The van der Waals surface area contributed by atoms with Gasteiger partial charge in [0, 0.05) is 12.1 Å². The molecule has 1 atom stereocenters. The van der Waals surface area contributed by atoms with E-state index >= 15 is 0 Å². The van der Waals surface area contributed by atoms with Crippen LogP contribution in [0.1, 0.15) is 41.6 Å². The molecule has 1 aliphatic carbocycles. The molecule has 0 heterocycles. The van der Waals surface area contributed by atoms with Crippen molar-refractivity contribution >= 4 is 5.91 Å². The van der Waals surface area contributed by atoms with Gasteiger partial charge in [-0.25, -0.2) is 0 Å². The van der Waals surface area contributed by atoms with E-state index in [9.17, 15) is 9.90 Å². The quantitative estimate of drug-likeness (QED) is 0.857. The fourth-order valence-corrected chi connectivity index (χ4v) is 2.59. The van der Waals surface area contributed by atoms with Gasteiger partial charge in [0.15, 0.2) is 0 Å². The molecule has 18 heavy (non-hydrogen) atoms. The number of benzene rings is 1. The van der Waals surface area contributed by atoms with Gasteiger partial charge in [-0.1, -0.05) is 30.5 Å². The lowest BCUT2D eigenvalue weighted by Gasteiger charge is -2.18. The van der Waals surface area contributed by atoms with Crippen molar-refractivity contribution in [3.8, 4) is 0 Å². The first-order valence-corrected chi connectivity index (χ1v) is 6.70. The number of carbonyl (C=O) groups excluding carboxylic acids is 1. The average Bonchev–Trinajstić information content (AvgIpc) is 2.89. The molecule has 1 amide bonds. The number of aryl methyl sites for hydroxylation is 1. The number of aliphatic hydroxyl groups is 1. The first-order chi connectivity index (χ1) is 8.66. The van der Waals surface area contributed by atoms with Gasteiger partial charge in [0.05, 0.1) is 6.10 Å². The Morgan fingerprint density at radius 2 is 2.17 bits per heavy atom. The third-order valence-corrected chi connectivity index (χ3v) is 3.70. The van der Waals surface area contributed by atoms with E-state index in [0.717, 1.165) is 18.4 Å². The second kappa shape index (κ2) is 6.01. The van der Waals surface area contributed by atoms with Crippen LogP contribution in [0.25, 0.3) is 0 Å². The lowest BCUT2D eigenvalue weighted by atomic mass is 10.0. The van der Waals surface area contributed by atoms with E-state index in [1.807, 2.05) is 25.1 Å². The first-order valence-electron chi connectivity index (χ1n) is 6.70. The summed E-state index contributed by atoms with van der Waals surface area (Å²) in [5.41, 5.74) is 1.73. The Bertz CT molecular complexity index is 411. The van der Waals surface area contributed by atoms with E-state index < -0.39 is 6.10 Å². The molecule has 1 aliphatic rings. The molecular weight excluding hydrogens is 226 g/mol. The minimum atomic E-state index is -0.402. The Morgan fingerprint density at radius 3 is 2.83 bits per heavy atom. The SMILES string of the molecule is Cc1cccc(C(=O)NCC(O)C2CCCC2)c1. The molecule has 0 radical (unpaired) electrons. The van der Waals surface area contributed by atoms with Crippen molar-refractivity contribution in [2.24, 2.45) is 5.92 Å². The van der Waals surface area contributed by atoms with Crippen molar-refractivity contribution in [1.29, 1.82) is 0 Å². The smallest absolute Gasteiger partial charge is 0.251 e. The van der Waals surface area contributed by atoms with E-state index in [1.165, 1.54) is 12.8 Å². The van der Waals surface area contributed by atoms with Crippen LogP contribution >= 0.6 is 0 Å². The van der Waals surface area contributed by atoms with E-state index in [1.54, 1.807) is 6.07 Å². The molecule has 0 spiro atoms. The van der Waals surface area contributed by atoms with Crippen LogP contribution in [-0.2, 0) is 0 Å². The normalized spacial score (nSPS) is 17.7. The highest BCUT2D eigenvalue weighted by molar-refractivity contribution is 5.94. The van der Waals surface area contributed by atoms with Crippen molar-refractivity contribution in [2.45, 2.75) is 38.7 Å². The van der Waals surface area contributed by atoms with Crippen LogP contribution in [0, 0.1) is 12.8 Å². The number of carbonyl (C=O) groups is 1. The standard InChI is InChI=1S/C15H21NO2/c1-11-5-4-8-13(9-11)15(18)16-10-14(17)12-6-2-3-7-12/h4-5,8-9,12,14,17H,2-3,6-7,10H2,1H3,(H,16,18). The zero-order chi connectivity index (χ0) is 13.0. The molecule has 1 unspecified atom stereocenters. The lowest BCUT2D eigenvalue weighted by Crippen LogP contribution is -2.35. The highest BCUT2D eigenvalue weighted by atomic mass is 16.3. The Kier molecular flexibility index (Phi) is 4.37. The van der Waals surface area contributed by atoms with Crippen LogP contribution in [0.2, 0.25) is 0 Å². The number of hydrogen-bond acceptors (Lipinski definition) is 2. The maximum atomic E-state index is 11.9. The minimum Gasteiger partial charge on any atom is -0.391 e. The third-order valence-electron chi connectivity index (χ3n) is 3.70. The van der Waals surface area contributed by atoms with Crippen LogP contribution in [0.4, 0.5) is 0 Å². The maximum Gasteiger partial charge on any atom is 0.251 e. The molecule has 98 valence electrons. The van der Waals surface area contributed by atoms with Gasteiger partial charge in [-0.2, -0.15) is 0 Å². The Balaban J connectivity index is 1.84. The summed E-state index contributed by atoms with van der Waals surface area (Å²) in [7, 11) is 0. The van der Waals surface area contributed by atoms with Crippen molar-refractivity contribution in [3.05, 3.63) is 35.4 Å². The highest BCUT2D eigenvalue weighted by Crippen LogP contribution is 2.27. The molecule has 1 fully saturated rings. The average molecular weight is 247 g/mol. The van der Waals surface area contributed by atoms with Crippen molar-refractivity contribution < 1.29 is 9.90 Å². The van der Waals surface area contributed by atoms with Gasteiger partial charge in [0.2, 0.25) is 0 Å². The fourth-order valence-electron chi connectivity index (χ4n) is 2.59. The second-order valence-corrected chi connectivity index (χ2v) is 5.19. The summed E-state index contributed by atoms with van der Waals surface area (Å²) in [5, 5.41) is 12.8. The molecule has 0 bridgehead atoms. The summed E-state index contributed by atoms with van der Waals surface area (Å²) in [5.74, 6) is 0.263. The number of rotatable bonds is 4. The first kappa shape index (κ1) is 13.1. The number of aliphatic hydroxyl groups excluding tert-OH is 1.